The molecule has 9 nitrogen and oxygen atoms in total. The summed E-state index contributed by atoms with van der Waals surface area (Å²) in [7, 11) is 0. The van der Waals surface area contributed by atoms with Gasteiger partial charge >= 0.3 is 0 Å². The fraction of sp³-hybridized carbons (Fsp3) is 0.963. The van der Waals surface area contributed by atoms with Crippen molar-refractivity contribution >= 4 is 5.78 Å². The maximum absolute atomic E-state index is 11.6. The molecule has 214 valence electrons. The molecular weight excluding hydrogens is 468 g/mol. The first kappa shape index (κ1) is 33.4. The topological polar surface area (TPSA) is 168 Å². The van der Waals surface area contributed by atoms with Gasteiger partial charge in [-0.15, -0.1) is 0 Å². The fourth-order valence-electron chi connectivity index (χ4n) is 4.82. The number of hydrogen-bond donors (Lipinski definition) is 7. The van der Waals surface area contributed by atoms with Crippen molar-refractivity contribution < 1.29 is 45.3 Å². The normalized spacial score (nSPS) is 26.1. The molecule has 0 aromatic heterocycles. The Hall–Kier alpha value is -0.650. The number of Topliss-reactive ketones (excluding diaryl/α,β-unsaturated/α-hetero) is 1. The number of aliphatic hydroxyl groups is 7. The first-order valence-electron chi connectivity index (χ1n) is 14.1. The summed E-state index contributed by atoms with van der Waals surface area (Å²) in [5.41, 5.74) is 0. The second-order valence-corrected chi connectivity index (χ2v) is 10.4. The van der Waals surface area contributed by atoms with Crippen LogP contribution < -0.4 is 0 Å². The van der Waals surface area contributed by atoms with Crippen LogP contribution in [0.4, 0.5) is 0 Å². The number of unbranched alkanes of at least 4 members (excludes halogenated alkanes) is 14. The van der Waals surface area contributed by atoms with Gasteiger partial charge in [-0.05, 0) is 12.8 Å². The van der Waals surface area contributed by atoms with Gasteiger partial charge in [-0.2, -0.15) is 0 Å². The van der Waals surface area contributed by atoms with Crippen molar-refractivity contribution in [3.05, 3.63) is 0 Å². The second kappa shape index (κ2) is 20.3. The SMILES string of the molecule is O=C(CCCCCCCCCCCCCCCCCC1O[C@H](CO)[C@@H](O)[C@H](O)[C@H]1O)C(O)C(O)CO. The van der Waals surface area contributed by atoms with Crippen LogP contribution in [0.5, 0.6) is 0 Å². The summed E-state index contributed by atoms with van der Waals surface area (Å²) in [6.45, 7) is -0.985. The second-order valence-electron chi connectivity index (χ2n) is 10.4. The van der Waals surface area contributed by atoms with Crippen molar-refractivity contribution in [2.45, 2.75) is 152 Å². The van der Waals surface area contributed by atoms with Crippen molar-refractivity contribution in [3.8, 4) is 0 Å². The third-order valence-electron chi connectivity index (χ3n) is 7.28. The largest absolute Gasteiger partial charge is 0.394 e. The van der Waals surface area contributed by atoms with E-state index in [0.29, 0.717) is 12.8 Å². The highest BCUT2D eigenvalue weighted by molar-refractivity contribution is 5.83. The predicted octanol–water partition coefficient (Wildman–Crippen LogP) is 1.74. The summed E-state index contributed by atoms with van der Waals surface area (Å²) in [5.74, 6) is -0.398. The molecule has 1 aliphatic rings. The van der Waals surface area contributed by atoms with Crippen LogP contribution in [-0.2, 0) is 9.53 Å². The van der Waals surface area contributed by atoms with Gasteiger partial charge in [0.15, 0.2) is 5.78 Å². The minimum absolute atomic E-state index is 0.247. The highest BCUT2D eigenvalue weighted by Gasteiger charge is 2.42. The maximum atomic E-state index is 11.6. The van der Waals surface area contributed by atoms with Crippen LogP contribution in [-0.4, -0.2) is 97.5 Å². The van der Waals surface area contributed by atoms with E-state index in [1.165, 1.54) is 51.4 Å². The monoisotopic (exact) mass is 520 g/mol. The molecule has 1 rings (SSSR count). The van der Waals surface area contributed by atoms with E-state index in [4.69, 9.17) is 9.84 Å². The van der Waals surface area contributed by atoms with E-state index in [9.17, 15) is 35.4 Å². The molecule has 0 spiro atoms. The highest BCUT2D eigenvalue weighted by atomic mass is 16.5. The van der Waals surface area contributed by atoms with Crippen molar-refractivity contribution in [2.75, 3.05) is 13.2 Å². The van der Waals surface area contributed by atoms with Crippen LogP contribution in [0, 0.1) is 0 Å². The van der Waals surface area contributed by atoms with Crippen LogP contribution in [0.1, 0.15) is 109 Å². The van der Waals surface area contributed by atoms with Gasteiger partial charge in [0.1, 0.15) is 36.6 Å². The molecule has 0 saturated carbocycles. The van der Waals surface area contributed by atoms with E-state index in [1.807, 2.05) is 0 Å². The molecule has 7 N–H and O–H groups in total. The quantitative estimate of drug-likeness (QED) is 0.105. The molecule has 7 atom stereocenters. The minimum Gasteiger partial charge on any atom is -0.394 e. The van der Waals surface area contributed by atoms with Crippen LogP contribution >= 0.6 is 0 Å². The first-order chi connectivity index (χ1) is 17.3. The third-order valence-corrected chi connectivity index (χ3v) is 7.28. The van der Waals surface area contributed by atoms with E-state index in [2.05, 4.69) is 0 Å². The van der Waals surface area contributed by atoms with Crippen LogP contribution in [0.15, 0.2) is 0 Å². The van der Waals surface area contributed by atoms with Crippen molar-refractivity contribution in [1.29, 1.82) is 0 Å². The molecule has 1 aliphatic heterocycles. The van der Waals surface area contributed by atoms with Gasteiger partial charge in [0, 0.05) is 6.42 Å². The molecule has 9 heteroatoms. The average Bonchev–Trinajstić information content (AvgIpc) is 2.89. The zero-order valence-electron chi connectivity index (χ0n) is 21.9. The number of aliphatic hydroxyl groups excluding tert-OH is 7. The van der Waals surface area contributed by atoms with Crippen molar-refractivity contribution in [3.63, 3.8) is 0 Å². The maximum Gasteiger partial charge on any atom is 0.164 e. The van der Waals surface area contributed by atoms with Crippen LogP contribution in [0.2, 0.25) is 0 Å². The number of hydrogen-bond acceptors (Lipinski definition) is 9. The highest BCUT2D eigenvalue weighted by Crippen LogP contribution is 2.25. The van der Waals surface area contributed by atoms with Crippen LogP contribution in [0.25, 0.3) is 0 Å². The molecule has 3 unspecified atom stereocenters. The first-order valence-corrected chi connectivity index (χ1v) is 14.1. The summed E-state index contributed by atoms with van der Waals surface area (Å²) in [6.07, 6.45) is 9.75. The molecule has 1 heterocycles. The molecule has 1 saturated heterocycles. The third kappa shape index (κ3) is 13.2. The number of rotatable bonds is 22. The molecular formula is C27H52O9. The van der Waals surface area contributed by atoms with Crippen molar-refractivity contribution in [2.24, 2.45) is 0 Å². The van der Waals surface area contributed by atoms with E-state index in [1.54, 1.807) is 0 Å². The number of ketones is 1. The summed E-state index contributed by atoms with van der Waals surface area (Å²) < 4.78 is 5.54. The van der Waals surface area contributed by atoms with E-state index in [-0.39, 0.29) is 13.0 Å². The number of carbonyl (C=O) groups is 1. The van der Waals surface area contributed by atoms with Gasteiger partial charge in [-0.3, -0.25) is 4.79 Å². The predicted molar refractivity (Wildman–Crippen MR) is 136 cm³/mol. The standard InChI is InChI=1S/C27H52O9/c28-18-21(31)24(32)20(30)16-14-12-10-8-6-4-2-1-3-5-7-9-11-13-15-17-22-25(33)27(35)26(34)23(19-29)36-22/h21-29,31-35H,1-19H2/t21?,22?,23-,24?,25+,26-,27-/m1/s1. The Kier molecular flexibility index (Phi) is 18.8. The Morgan fingerprint density at radius 1 is 0.611 bits per heavy atom. The lowest BCUT2D eigenvalue weighted by Gasteiger charge is -2.40. The molecule has 0 radical (unpaired) electrons. The van der Waals surface area contributed by atoms with E-state index >= 15 is 0 Å². The summed E-state index contributed by atoms with van der Waals surface area (Å²) >= 11 is 0. The Bertz CT molecular complexity index is 545. The molecule has 0 aliphatic carbocycles. The van der Waals surface area contributed by atoms with Gasteiger partial charge in [0.2, 0.25) is 0 Å². The van der Waals surface area contributed by atoms with E-state index in [0.717, 1.165) is 38.5 Å². The lowest BCUT2D eigenvalue weighted by molar-refractivity contribution is -0.230. The van der Waals surface area contributed by atoms with E-state index < -0.39 is 55.1 Å². The van der Waals surface area contributed by atoms with Crippen molar-refractivity contribution in [1.82, 2.24) is 0 Å². The lowest BCUT2D eigenvalue weighted by Crippen LogP contribution is -2.58. The van der Waals surface area contributed by atoms with Gasteiger partial charge in [0.25, 0.3) is 0 Å². The molecule has 1 fully saturated rings. The Morgan fingerprint density at radius 2 is 1.03 bits per heavy atom. The summed E-state index contributed by atoms with van der Waals surface area (Å²) in [4.78, 5) is 11.6. The van der Waals surface area contributed by atoms with Crippen LogP contribution in [0.3, 0.4) is 0 Å². The lowest BCUT2D eigenvalue weighted by atomic mass is 9.92. The Balaban J connectivity index is 1.85. The molecule has 0 aromatic carbocycles. The Morgan fingerprint density at radius 3 is 1.47 bits per heavy atom. The Labute approximate surface area is 216 Å². The minimum atomic E-state index is -1.47. The molecule has 0 bridgehead atoms. The fourth-order valence-corrected chi connectivity index (χ4v) is 4.82. The summed E-state index contributed by atoms with van der Waals surface area (Å²) in [5, 5.41) is 66.4. The smallest absolute Gasteiger partial charge is 0.164 e. The van der Waals surface area contributed by atoms with Gasteiger partial charge < -0.3 is 40.5 Å². The summed E-state index contributed by atoms with van der Waals surface area (Å²) in [6, 6.07) is 0. The number of ether oxygens (including phenoxy) is 1. The van der Waals surface area contributed by atoms with Gasteiger partial charge in [0.05, 0.1) is 19.3 Å². The zero-order chi connectivity index (χ0) is 26.8. The zero-order valence-corrected chi connectivity index (χ0v) is 21.9. The molecule has 0 amide bonds. The number of carbonyl (C=O) groups excluding carboxylic acids is 1. The average molecular weight is 521 g/mol. The molecule has 36 heavy (non-hydrogen) atoms. The molecule has 0 aromatic rings. The van der Waals surface area contributed by atoms with Gasteiger partial charge in [-0.25, -0.2) is 0 Å². The van der Waals surface area contributed by atoms with Gasteiger partial charge in [-0.1, -0.05) is 89.9 Å².